The van der Waals surface area contributed by atoms with Gasteiger partial charge in [0.25, 0.3) is 5.91 Å². The summed E-state index contributed by atoms with van der Waals surface area (Å²) < 4.78 is 5.39. The first-order valence-corrected chi connectivity index (χ1v) is 9.22. The average molecular weight is 396 g/mol. The summed E-state index contributed by atoms with van der Waals surface area (Å²) in [5.74, 6) is 1.09. The Kier molecular flexibility index (Phi) is 6.16. The Bertz CT molecular complexity index is 977. The van der Waals surface area contributed by atoms with Crippen LogP contribution < -0.4 is 10.1 Å². The molecule has 1 N–H and O–H groups in total. The van der Waals surface area contributed by atoms with Gasteiger partial charge in [-0.05, 0) is 36.2 Å². The van der Waals surface area contributed by atoms with Gasteiger partial charge in [0.1, 0.15) is 11.6 Å². The number of anilines is 2. The molecule has 0 unspecified atom stereocenters. The van der Waals surface area contributed by atoms with Gasteiger partial charge in [0.2, 0.25) is 0 Å². The van der Waals surface area contributed by atoms with E-state index in [-0.39, 0.29) is 5.91 Å². The Hall–Kier alpha value is -3.05. The molecule has 5 nitrogen and oxygen atoms in total. The molecule has 0 aliphatic carbocycles. The molecule has 0 bridgehead atoms. The average Bonchev–Trinajstić information content (AvgIpc) is 2.71. The molecule has 0 radical (unpaired) electrons. The molecule has 6 heteroatoms. The van der Waals surface area contributed by atoms with Gasteiger partial charge in [0.15, 0.2) is 0 Å². The maximum absolute atomic E-state index is 12.8. The van der Waals surface area contributed by atoms with Gasteiger partial charge in [-0.2, -0.15) is 0 Å². The van der Waals surface area contributed by atoms with Crippen molar-refractivity contribution in [1.29, 1.82) is 0 Å². The number of benzene rings is 2. The fourth-order valence-electron chi connectivity index (χ4n) is 2.85. The topological polar surface area (TPSA) is 54.5 Å². The van der Waals surface area contributed by atoms with E-state index in [4.69, 9.17) is 16.3 Å². The number of carbonyl (C=O) groups excluding carboxylic acids is 1. The number of hydrogen-bond donors (Lipinski definition) is 1. The largest absolute Gasteiger partial charge is 0.495 e. The molecule has 3 aromatic rings. The molecule has 144 valence electrons. The summed E-state index contributed by atoms with van der Waals surface area (Å²) in [6.45, 7) is 2.45. The molecule has 0 spiro atoms. The van der Waals surface area contributed by atoms with Gasteiger partial charge in [0, 0.05) is 36.4 Å². The van der Waals surface area contributed by atoms with Crippen LogP contribution in [0.5, 0.6) is 5.75 Å². The van der Waals surface area contributed by atoms with Crippen molar-refractivity contribution in [3.05, 3.63) is 82.5 Å². The van der Waals surface area contributed by atoms with Crippen LogP contribution in [0.25, 0.3) is 0 Å². The van der Waals surface area contributed by atoms with E-state index in [1.807, 2.05) is 43.3 Å². The summed E-state index contributed by atoms with van der Waals surface area (Å²) in [5.41, 5.74) is 3.28. The Balaban J connectivity index is 1.79. The highest BCUT2D eigenvalue weighted by Crippen LogP contribution is 2.32. The number of aryl methyl sites for hydroxylation is 1. The number of pyridine rings is 1. The number of amides is 1. The van der Waals surface area contributed by atoms with E-state index in [2.05, 4.69) is 10.3 Å². The van der Waals surface area contributed by atoms with Crippen LogP contribution in [0, 0.1) is 6.92 Å². The quantitative estimate of drug-likeness (QED) is 0.633. The third-order valence-corrected chi connectivity index (χ3v) is 4.77. The maximum Gasteiger partial charge on any atom is 0.254 e. The van der Waals surface area contributed by atoms with Crippen LogP contribution in [0.15, 0.2) is 60.8 Å². The monoisotopic (exact) mass is 395 g/mol. The van der Waals surface area contributed by atoms with E-state index in [0.717, 1.165) is 16.8 Å². The predicted octanol–water partition coefficient (Wildman–Crippen LogP) is 5.07. The van der Waals surface area contributed by atoms with Gasteiger partial charge in [0.05, 0.1) is 12.8 Å². The van der Waals surface area contributed by atoms with E-state index in [1.165, 1.54) is 0 Å². The number of aromatic nitrogens is 1. The van der Waals surface area contributed by atoms with Crippen LogP contribution in [0.1, 0.15) is 21.5 Å². The second-order valence-corrected chi connectivity index (χ2v) is 6.91. The molecular weight excluding hydrogens is 374 g/mol. The number of hydrogen-bond acceptors (Lipinski definition) is 4. The fourth-order valence-corrected chi connectivity index (χ4v) is 3.00. The van der Waals surface area contributed by atoms with E-state index < -0.39 is 0 Å². The summed E-state index contributed by atoms with van der Waals surface area (Å²) in [6, 6.07) is 17.0. The lowest BCUT2D eigenvalue weighted by molar-refractivity contribution is 0.0785. The Labute approximate surface area is 169 Å². The highest BCUT2D eigenvalue weighted by Gasteiger charge is 2.14. The molecule has 0 fully saturated rings. The van der Waals surface area contributed by atoms with E-state index in [1.54, 1.807) is 43.5 Å². The van der Waals surface area contributed by atoms with Crippen molar-refractivity contribution in [2.24, 2.45) is 0 Å². The van der Waals surface area contributed by atoms with Crippen LogP contribution in [-0.4, -0.2) is 29.9 Å². The number of methoxy groups -OCH3 is 1. The van der Waals surface area contributed by atoms with E-state index in [9.17, 15) is 4.79 Å². The summed E-state index contributed by atoms with van der Waals surface area (Å²) in [5, 5.41) is 3.84. The summed E-state index contributed by atoms with van der Waals surface area (Å²) >= 11 is 6.16. The van der Waals surface area contributed by atoms with E-state index >= 15 is 0 Å². The van der Waals surface area contributed by atoms with Crippen LogP contribution in [-0.2, 0) is 6.54 Å². The standard InChI is InChI=1S/C22H22ClN3O2/c1-15-11-19(20(28-3)13-18(15)23)25-21-12-17(9-10-24-21)22(27)26(2)14-16-7-5-4-6-8-16/h4-13H,14H2,1-3H3,(H,24,25). The van der Waals surface area contributed by atoms with E-state index in [0.29, 0.717) is 28.7 Å². The molecule has 3 rings (SSSR count). The molecule has 0 aliphatic rings. The van der Waals surface area contributed by atoms with Crippen molar-refractivity contribution in [1.82, 2.24) is 9.88 Å². The molecular formula is C22H22ClN3O2. The molecule has 0 saturated heterocycles. The zero-order chi connectivity index (χ0) is 20.1. The third kappa shape index (κ3) is 4.61. The first-order valence-electron chi connectivity index (χ1n) is 8.84. The van der Waals surface area contributed by atoms with Gasteiger partial charge in [-0.15, -0.1) is 0 Å². The van der Waals surface area contributed by atoms with Crippen molar-refractivity contribution < 1.29 is 9.53 Å². The summed E-state index contributed by atoms with van der Waals surface area (Å²) in [4.78, 5) is 18.8. The highest BCUT2D eigenvalue weighted by atomic mass is 35.5. The molecule has 2 aromatic carbocycles. The van der Waals surface area contributed by atoms with Crippen molar-refractivity contribution >= 4 is 29.0 Å². The fraction of sp³-hybridized carbons (Fsp3) is 0.182. The minimum absolute atomic E-state index is 0.0754. The number of nitrogens with one attached hydrogen (secondary N) is 1. The number of halogens is 1. The minimum Gasteiger partial charge on any atom is -0.495 e. The van der Waals surface area contributed by atoms with Gasteiger partial charge >= 0.3 is 0 Å². The molecule has 1 heterocycles. The molecule has 1 aromatic heterocycles. The molecule has 1 amide bonds. The number of nitrogens with zero attached hydrogens (tertiary/aromatic N) is 2. The van der Waals surface area contributed by atoms with Crippen LogP contribution in [0.3, 0.4) is 0 Å². The van der Waals surface area contributed by atoms with Crippen molar-refractivity contribution in [2.75, 3.05) is 19.5 Å². The lowest BCUT2D eigenvalue weighted by Gasteiger charge is -2.18. The predicted molar refractivity (Wildman–Crippen MR) is 113 cm³/mol. The van der Waals surface area contributed by atoms with Gasteiger partial charge in [-0.3, -0.25) is 4.79 Å². The van der Waals surface area contributed by atoms with Crippen LogP contribution in [0.4, 0.5) is 11.5 Å². The lowest BCUT2D eigenvalue weighted by Crippen LogP contribution is -2.26. The second-order valence-electron chi connectivity index (χ2n) is 6.50. The van der Waals surface area contributed by atoms with Crippen LogP contribution in [0.2, 0.25) is 5.02 Å². The zero-order valence-electron chi connectivity index (χ0n) is 16.1. The first kappa shape index (κ1) is 19.7. The summed E-state index contributed by atoms with van der Waals surface area (Å²) in [6.07, 6.45) is 1.61. The number of ether oxygens (including phenoxy) is 1. The number of carbonyl (C=O) groups is 1. The minimum atomic E-state index is -0.0754. The van der Waals surface area contributed by atoms with Crippen molar-refractivity contribution in [2.45, 2.75) is 13.5 Å². The Morgan fingerprint density at radius 2 is 1.93 bits per heavy atom. The molecule has 28 heavy (non-hydrogen) atoms. The van der Waals surface area contributed by atoms with Gasteiger partial charge in [-0.25, -0.2) is 4.98 Å². The SMILES string of the molecule is COc1cc(Cl)c(C)cc1Nc1cc(C(=O)N(C)Cc2ccccc2)ccn1. The maximum atomic E-state index is 12.8. The third-order valence-electron chi connectivity index (χ3n) is 4.36. The molecule has 0 saturated carbocycles. The van der Waals surface area contributed by atoms with Gasteiger partial charge < -0.3 is 15.0 Å². The van der Waals surface area contributed by atoms with Crippen molar-refractivity contribution in [3.8, 4) is 5.75 Å². The molecule has 0 aliphatic heterocycles. The Morgan fingerprint density at radius 3 is 2.64 bits per heavy atom. The normalized spacial score (nSPS) is 10.4. The highest BCUT2D eigenvalue weighted by molar-refractivity contribution is 6.31. The Morgan fingerprint density at radius 1 is 1.18 bits per heavy atom. The van der Waals surface area contributed by atoms with Crippen LogP contribution >= 0.6 is 11.6 Å². The smallest absolute Gasteiger partial charge is 0.254 e. The lowest BCUT2D eigenvalue weighted by atomic mass is 10.1. The summed E-state index contributed by atoms with van der Waals surface area (Å²) in [7, 11) is 3.37. The number of rotatable bonds is 6. The first-order chi connectivity index (χ1) is 13.5. The second kappa shape index (κ2) is 8.76. The van der Waals surface area contributed by atoms with Gasteiger partial charge in [-0.1, -0.05) is 41.9 Å². The van der Waals surface area contributed by atoms with Crippen molar-refractivity contribution in [3.63, 3.8) is 0 Å². The zero-order valence-corrected chi connectivity index (χ0v) is 16.8. The molecule has 0 atom stereocenters.